The molecule has 0 saturated carbocycles. The summed E-state index contributed by atoms with van der Waals surface area (Å²) in [4.78, 5) is 0. The van der Waals surface area contributed by atoms with Crippen molar-refractivity contribution in [3.8, 4) is 0 Å². The van der Waals surface area contributed by atoms with Crippen molar-refractivity contribution in [3.05, 3.63) is 141 Å². The summed E-state index contributed by atoms with van der Waals surface area (Å²) in [7, 11) is -3.09. The van der Waals surface area contributed by atoms with Crippen molar-refractivity contribution >= 4 is 29.6 Å². The highest BCUT2D eigenvalue weighted by molar-refractivity contribution is 7.13. The molecule has 0 bridgehead atoms. The molecule has 0 fully saturated rings. The first kappa shape index (κ1) is 26.8. The van der Waals surface area contributed by atoms with Crippen molar-refractivity contribution in [2.45, 2.75) is 26.9 Å². The molecule has 0 radical (unpaired) electrons. The Balaban J connectivity index is 1.98. The molecule has 0 unspecified atom stereocenters. The van der Waals surface area contributed by atoms with Gasteiger partial charge in [-0.15, -0.1) is 0 Å². The number of allylic oxidation sites excluding steroid dienone is 2. The van der Waals surface area contributed by atoms with E-state index in [2.05, 4.69) is 0 Å². The highest BCUT2D eigenvalue weighted by Crippen LogP contribution is 2.56. The minimum atomic E-state index is -3.09. The van der Waals surface area contributed by atoms with Crippen LogP contribution in [0.5, 0.6) is 0 Å². The third-order valence-corrected chi connectivity index (χ3v) is 10.7. The summed E-state index contributed by atoms with van der Waals surface area (Å²) >= 11 is 0. The summed E-state index contributed by atoms with van der Waals surface area (Å²) in [6.45, 7) is 7.60. The van der Waals surface area contributed by atoms with Crippen LogP contribution in [0.15, 0.2) is 72.8 Å². The van der Waals surface area contributed by atoms with Crippen LogP contribution in [-0.2, 0) is 0 Å². The van der Waals surface area contributed by atoms with Crippen LogP contribution in [0.3, 0.4) is 0 Å². The van der Waals surface area contributed by atoms with Crippen molar-refractivity contribution in [2.75, 3.05) is 0 Å². The quantitative estimate of drug-likeness (QED) is 0.135. The zero-order valence-electron chi connectivity index (χ0n) is 21.7. The molecule has 0 amide bonds. The van der Waals surface area contributed by atoms with E-state index in [4.69, 9.17) is 0 Å². The number of aryl methyl sites for hydroxylation is 2. The monoisotopic (exact) mass is 550 g/mol. The molecule has 1 aliphatic rings. The minimum Gasteiger partial charge on any atom is -0.204 e. The summed E-state index contributed by atoms with van der Waals surface area (Å²) in [6.07, 6.45) is 0. The maximum atomic E-state index is 14.6. The maximum Gasteiger partial charge on any atom is 0.194 e. The maximum absolute atomic E-state index is 14.6. The molecule has 39 heavy (non-hydrogen) atoms. The minimum absolute atomic E-state index is 0.141. The van der Waals surface area contributed by atoms with E-state index in [1.54, 1.807) is 0 Å². The van der Waals surface area contributed by atoms with Crippen LogP contribution in [0.2, 0.25) is 13.1 Å². The molecule has 0 saturated heterocycles. The zero-order chi connectivity index (χ0) is 28.2. The van der Waals surface area contributed by atoms with E-state index in [1.165, 1.54) is 0 Å². The fourth-order valence-electron chi connectivity index (χ4n) is 5.59. The van der Waals surface area contributed by atoms with Gasteiger partial charge in [0.05, 0.1) is 0 Å². The normalized spacial score (nSPS) is 14.9. The summed E-state index contributed by atoms with van der Waals surface area (Å²) in [5.41, 5.74) is 4.84. The largest absolute Gasteiger partial charge is 0.204 e. The van der Waals surface area contributed by atoms with Gasteiger partial charge in [-0.25, -0.2) is 26.3 Å². The first-order chi connectivity index (χ1) is 18.4. The van der Waals surface area contributed by atoms with Crippen LogP contribution in [0.25, 0.3) is 21.5 Å². The van der Waals surface area contributed by atoms with Crippen molar-refractivity contribution in [1.29, 1.82) is 0 Å². The van der Waals surface area contributed by atoms with Crippen LogP contribution in [0.4, 0.5) is 26.3 Å². The average molecular weight is 551 g/mol. The lowest BCUT2D eigenvalue weighted by Crippen LogP contribution is -2.29. The van der Waals surface area contributed by atoms with Gasteiger partial charge in [0.2, 0.25) is 0 Å². The van der Waals surface area contributed by atoms with Gasteiger partial charge in [-0.3, -0.25) is 0 Å². The van der Waals surface area contributed by atoms with Crippen molar-refractivity contribution in [2.24, 2.45) is 0 Å². The van der Waals surface area contributed by atoms with Gasteiger partial charge in [-0.2, -0.15) is 0 Å². The molecule has 0 N–H and O–H groups in total. The smallest absolute Gasteiger partial charge is 0.194 e. The Morgan fingerprint density at radius 3 is 1.10 bits per heavy atom. The van der Waals surface area contributed by atoms with Crippen LogP contribution < -0.4 is 0 Å². The Labute approximate surface area is 224 Å². The van der Waals surface area contributed by atoms with Gasteiger partial charge in [0.25, 0.3) is 0 Å². The standard InChI is InChI=1S/C32H24F6Si/c1-17-7-5-9-19(11-17)27-28(20-10-6-8-18(2)12-20)32(22-15-25(35)30(38)26(36)16-22)39(3,4)31(27)21-13-23(33)29(37)24(34)14-21/h5-16H,1-4H3. The summed E-state index contributed by atoms with van der Waals surface area (Å²) in [5, 5.41) is 1.14. The van der Waals surface area contributed by atoms with E-state index >= 15 is 0 Å². The van der Waals surface area contributed by atoms with E-state index in [0.717, 1.165) is 46.5 Å². The predicted octanol–water partition coefficient (Wildman–Crippen LogP) is 9.46. The first-order valence-electron chi connectivity index (χ1n) is 12.3. The lowest BCUT2D eigenvalue weighted by atomic mass is 9.88. The third kappa shape index (κ3) is 4.54. The molecule has 0 spiro atoms. The SMILES string of the molecule is Cc1cccc(C2=C(c3cc(F)c(F)c(F)c3)[Si](C)(C)C(c3cc(F)c(F)c(F)c3)=C2c2cccc(C)c2)c1. The molecular formula is C32H24F6Si. The second-order valence-electron chi connectivity index (χ2n) is 10.4. The van der Waals surface area contributed by atoms with E-state index in [9.17, 15) is 26.3 Å². The number of halogens is 6. The van der Waals surface area contributed by atoms with E-state index in [1.807, 2.05) is 75.5 Å². The third-order valence-electron chi connectivity index (χ3n) is 7.16. The lowest BCUT2D eigenvalue weighted by molar-refractivity contribution is 0.447. The molecule has 1 aliphatic heterocycles. The summed E-state index contributed by atoms with van der Waals surface area (Å²) in [6, 6.07) is 18.9. The molecule has 0 atom stereocenters. The van der Waals surface area contributed by atoms with E-state index in [0.29, 0.717) is 21.5 Å². The Morgan fingerprint density at radius 2 is 0.795 bits per heavy atom. The van der Waals surface area contributed by atoms with Crippen LogP contribution in [-0.4, -0.2) is 8.07 Å². The van der Waals surface area contributed by atoms with Gasteiger partial charge in [-0.05, 0) is 81.9 Å². The Bertz CT molecular complexity index is 1540. The van der Waals surface area contributed by atoms with Gasteiger partial charge in [0.1, 0.15) is 8.07 Å². The number of rotatable bonds is 4. The highest BCUT2D eigenvalue weighted by Gasteiger charge is 2.44. The Morgan fingerprint density at radius 1 is 0.462 bits per heavy atom. The van der Waals surface area contributed by atoms with Crippen LogP contribution in [0.1, 0.15) is 33.4 Å². The molecule has 1 heterocycles. The molecular weight excluding hydrogens is 526 g/mol. The van der Waals surface area contributed by atoms with Gasteiger partial charge in [-0.1, -0.05) is 72.8 Å². The molecule has 0 aliphatic carbocycles. The fraction of sp³-hybridized carbons (Fsp3) is 0.125. The predicted molar refractivity (Wildman–Crippen MR) is 146 cm³/mol. The molecule has 0 nitrogen and oxygen atoms in total. The second-order valence-corrected chi connectivity index (χ2v) is 14.6. The first-order valence-corrected chi connectivity index (χ1v) is 15.3. The van der Waals surface area contributed by atoms with Gasteiger partial charge < -0.3 is 0 Å². The average Bonchev–Trinajstić information content (AvgIpc) is 3.12. The van der Waals surface area contributed by atoms with Crippen molar-refractivity contribution in [3.63, 3.8) is 0 Å². The van der Waals surface area contributed by atoms with Gasteiger partial charge >= 0.3 is 0 Å². The van der Waals surface area contributed by atoms with Crippen molar-refractivity contribution in [1.82, 2.24) is 0 Å². The Kier molecular flexibility index (Phi) is 6.67. The molecule has 5 rings (SSSR count). The second kappa shape index (κ2) is 9.72. The van der Waals surface area contributed by atoms with Gasteiger partial charge in [0.15, 0.2) is 34.9 Å². The highest BCUT2D eigenvalue weighted by atomic mass is 28.3. The zero-order valence-corrected chi connectivity index (χ0v) is 22.7. The van der Waals surface area contributed by atoms with E-state index in [-0.39, 0.29) is 11.1 Å². The van der Waals surface area contributed by atoms with Gasteiger partial charge in [0, 0.05) is 0 Å². The molecule has 4 aromatic carbocycles. The van der Waals surface area contributed by atoms with Crippen molar-refractivity contribution < 1.29 is 26.3 Å². The molecule has 7 heteroatoms. The summed E-state index contributed by atoms with van der Waals surface area (Å²) in [5.74, 6) is -8.51. The summed E-state index contributed by atoms with van der Waals surface area (Å²) < 4.78 is 86.5. The molecule has 0 aromatic heterocycles. The van der Waals surface area contributed by atoms with Crippen LogP contribution >= 0.6 is 0 Å². The lowest BCUT2D eigenvalue weighted by Gasteiger charge is -2.27. The number of hydrogen-bond acceptors (Lipinski definition) is 0. The number of benzene rings is 4. The fourth-order valence-corrected chi connectivity index (χ4v) is 9.36. The van der Waals surface area contributed by atoms with Crippen LogP contribution in [0, 0.1) is 48.8 Å². The topological polar surface area (TPSA) is 0 Å². The van der Waals surface area contributed by atoms with E-state index < -0.39 is 43.0 Å². The number of hydrogen-bond donors (Lipinski definition) is 0. The molecule has 198 valence electrons. The Hall–Kier alpha value is -3.84. The molecule has 4 aromatic rings.